The predicted octanol–water partition coefficient (Wildman–Crippen LogP) is 1.98. The van der Waals surface area contributed by atoms with Crippen LogP contribution in [0.5, 0.6) is 0 Å². The molecular weight excluding hydrogens is 198 g/mol. The van der Waals surface area contributed by atoms with Crippen molar-refractivity contribution in [3.05, 3.63) is 23.9 Å². The molecule has 3 N–H and O–H groups in total. The van der Waals surface area contributed by atoms with E-state index in [0.29, 0.717) is 11.9 Å². The highest BCUT2D eigenvalue weighted by atomic mass is 14.9. The van der Waals surface area contributed by atoms with Crippen molar-refractivity contribution < 1.29 is 0 Å². The van der Waals surface area contributed by atoms with Crippen LogP contribution in [0.25, 0.3) is 0 Å². The number of anilines is 1. The molecule has 1 aliphatic carbocycles. The normalized spacial score (nSPS) is 17.3. The number of hydrogen-bond acceptors (Lipinski definition) is 3. The van der Waals surface area contributed by atoms with Crippen LogP contribution in [-0.2, 0) is 6.42 Å². The summed E-state index contributed by atoms with van der Waals surface area (Å²) < 4.78 is 0. The van der Waals surface area contributed by atoms with Crippen molar-refractivity contribution in [2.24, 2.45) is 5.92 Å². The third-order valence-electron chi connectivity index (χ3n) is 3.21. The fraction of sp³-hybridized carbons (Fsp3) is 0.615. The maximum absolute atomic E-state index is 5.88. The highest BCUT2D eigenvalue weighted by Gasteiger charge is 2.30. The number of pyridine rings is 1. The molecule has 1 unspecified atom stereocenters. The van der Waals surface area contributed by atoms with Crippen molar-refractivity contribution in [2.75, 3.05) is 12.3 Å². The van der Waals surface area contributed by atoms with Gasteiger partial charge in [0.05, 0.1) is 0 Å². The van der Waals surface area contributed by atoms with Gasteiger partial charge in [0.25, 0.3) is 0 Å². The van der Waals surface area contributed by atoms with Gasteiger partial charge in [-0.25, -0.2) is 4.98 Å². The SMILES string of the molecule is CCCNC(Cc1cccnc1N)C1CC1. The molecule has 3 heteroatoms. The maximum Gasteiger partial charge on any atom is 0.126 e. The summed E-state index contributed by atoms with van der Waals surface area (Å²) in [5.74, 6) is 1.54. The Bertz CT molecular complexity index is 334. The first-order chi connectivity index (χ1) is 7.81. The largest absolute Gasteiger partial charge is 0.383 e. The van der Waals surface area contributed by atoms with Crippen LogP contribution in [0.2, 0.25) is 0 Å². The maximum atomic E-state index is 5.88. The molecule has 1 atom stereocenters. The van der Waals surface area contributed by atoms with E-state index in [1.807, 2.05) is 6.07 Å². The Balaban J connectivity index is 1.97. The molecule has 0 spiro atoms. The lowest BCUT2D eigenvalue weighted by Crippen LogP contribution is -2.34. The molecular formula is C13H21N3. The van der Waals surface area contributed by atoms with Crippen LogP contribution in [0.3, 0.4) is 0 Å². The van der Waals surface area contributed by atoms with Crippen LogP contribution in [0, 0.1) is 5.92 Å². The summed E-state index contributed by atoms with van der Waals surface area (Å²) in [7, 11) is 0. The van der Waals surface area contributed by atoms with Crippen LogP contribution < -0.4 is 11.1 Å². The first kappa shape index (κ1) is 11.4. The molecule has 1 fully saturated rings. The zero-order valence-electron chi connectivity index (χ0n) is 9.95. The summed E-state index contributed by atoms with van der Waals surface area (Å²) in [5, 5.41) is 3.62. The van der Waals surface area contributed by atoms with Gasteiger partial charge in [-0.05, 0) is 49.8 Å². The second kappa shape index (κ2) is 5.30. The molecule has 0 bridgehead atoms. The van der Waals surface area contributed by atoms with Gasteiger partial charge in [0, 0.05) is 12.2 Å². The lowest BCUT2D eigenvalue weighted by molar-refractivity contribution is 0.460. The standard InChI is InChI=1S/C13H21N3/c1-2-7-15-12(10-5-6-10)9-11-4-3-8-16-13(11)14/h3-4,8,10,12,15H,2,5-7,9H2,1H3,(H2,14,16). The molecule has 0 aliphatic heterocycles. The molecule has 0 amide bonds. The average molecular weight is 219 g/mol. The highest BCUT2D eigenvalue weighted by molar-refractivity contribution is 5.39. The average Bonchev–Trinajstić information content (AvgIpc) is 3.10. The molecule has 2 rings (SSSR count). The topological polar surface area (TPSA) is 50.9 Å². The Morgan fingerprint density at radius 3 is 3.00 bits per heavy atom. The number of rotatable bonds is 6. The molecule has 1 heterocycles. The number of nitrogens with zero attached hydrogens (tertiary/aromatic N) is 1. The van der Waals surface area contributed by atoms with E-state index in [1.165, 1.54) is 24.8 Å². The Morgan fingerprint density at radius 1 is 1.56 bits per heavy atom. The van der Waals surface area contributed by atoms with E-state index in [4.69, 9.17) is 5.73 Å². The van der Waals surface area contributed by atoms with Crippen LogP contribution in [0.4, 0.5) is 5.82 Å². The van der Waals surface area contributed by atoms with E-state index in [1.54, 1.807) is 6.20 Å². The van der Waals surface area contributed by atoms with Gasteiger partial charge >= 0.3 is 0 Å². The summed E-state index contributed by atoms with van der Waals surface area (Å²) >= 11 is 0. The van der Waals surface area contributed by atoms with E-state index in [2.05, 4.69) is 23.3 Å². The van der Waals surface area contributed by atoms with E-state index in [-0.39, 0.29) is 0 Å². The van der Waals surface area contributed by atoms with E-state index < -0.39 is 0 Å². The van der Waals surface area contributed by atoms with Gasteiger partial charge in [-0.15, -0.1) is 0 Å². The lowest BCUT2D eigenvalue weighted by Gasteiger charge is -2.18. The Morgan fingerprint density at radius 2 is 2.38 bits per heavy atom. The van der Waals surface area contributed by atoms with Gasteiger partial charge in [-0.2, -0.15) is 0 Å². The van der Waals surface area contributed by atoms with Gasteiger partial charge in [-0.3, -0.25) is 0 Å². The number of nitrogens with one attached hydrogen (secondary N) is 1. The monoisotopic (exact) mass is 219 g/mol. The molecule has 1 aromatic rings. The fourth-order valence-corrected chi connectivity index (χ4v) is 2.09. The van der Waals surface area contributed by atoms with Gasteiger partial charge in [0.2, 0.25) is 0 Å². The number of nitrogens with two attached hydrogens (primary N) is 1. The highest BCUT2D eigenvalue weighted by Crippen LogP contribution is 2.34. The number of nitrogen functional groups attached to an aromatic ring is 1. The summed E-state index contributed by atoms with van der Waals surface area (Å²) in [6, 6.07) is 4.65. The molecule has 16 heavy (non-hydrogen) atoms. The molecule has 0 aromatic carbocycles. The van der Waals surface area contributed by atoms with Crippen molar-refractivity contribution in [1.29, 1.82) is 0 Å². The Kier molecular flexibility index (Phi) is 3.78. The van der Waals surface area contributed by atoms with Crippen LogP contribution >= 0.6 is 0 Å². The molecule has 1 aliphatic rings. The number of aromatic nitrogens is 1. The molecule has 3 nitrogen and oxygen atoms in total. The minimum Gasteiger partial charge on any atom is -0.383 e. The molecule has 1 saturated carbocycles. The van der Waals surface area contributed by atoms with Crippen molar-refractivity contribution in [3.63, 3.8) is 0 Å². The minimum absolute atomic E-state index is 0.589. The second-order valence-corrected chi connectivity index (χ2v) is 4.65. The fourth-order valence-electron chi connectivity index (χ4n) is 2.09. The van der Waals surface area contributed by atoms with Crippen LogP contribution in [0.1, 0.15) is 31.7 Å². The first-order valence-corrected chi connectivity index (χ1v) is 6.24. The predicted molar refractivity (Wildman–Crippen MR) is 67.2 cm³/mol. The summed E-state index contributed by atoms with van der Waals surface area (Å²) in [6.45, 7) is 3.30. The van der Waals surface area contributed by atoms with Gasteiger partial charge in [0.15, 0.2) is 0 Å². The van der Waals surface area contributed by atoms with Crippen molar-refractivity contribution >= 4 is 5.82 Å². The van der Waals surface area contributed by atoms with Crippen molar-refractivity contribution in [2.45, 2.75) is 38.6 Å². The zero-order valence-corrected chi connectivity index (χ0v) is 9.95. The van der Waals surface area contributed by atoms with Crippen LogP contribution in [0.15, 0.2) is 18.3 Å². The van der Waals surface area contributed by atoms with Crippen molar-refractivity contribution in [3.8, 4) is 0 Å². The second-order valence-electron chi connectivity index (χ2n) is 4.65. The number of hydrogen-bond donors (Lipinski definition) is 2. The van der Waals surface area contributed by atoms with Gasteiger partial charge < -0.3 is 11.1 Å². The third-order valence-corrected chi connectivity index (χ3v) is 3.21. The first-order valence-electron chi connectivity index (χ1n) is 6.24. The molecule has 0 saturated heterocycles. The van der Waals surface area contributed by atoms with E-state index >= 15 is 0 Å². The third kappa shape index (κ3) is 2.95. The summed E-state index contributed by atoms with van der Waals surface area (Å²) in [4.78, 5) is 4.14. The lowest BCUT2D eigenvalue weighted by atomic mass is 10.0. The molecule has 88 valence electrons. The molecule has 1 aromatic heterocycles. The Labute approximate surface area is 97.5 Å². The summed E-state index contributed by atoms with van der Waals surface area (Å²) in [5.41, 5.74) is 7.06. The van der Waals surface area contributed by atoms with Gasteiger partial charge in [-0.1, -0.05) is 13.0 Å². The Hall–Kier alpha value is -1.09. The van der Waals surface area contributed by atoms with Crippen molar-refractivity contribution in [1.82, 2.24) is 10.3 Å². The van der Waals surface area contributed by atoms with E-state index in [0.717, 1.165) is 18.9 Å². The molecule has 0 radical (unpaired) electrons. The summed E-state index contributed by atoms with van der Waals surface area (Å²) in [6.07, 6.45) is 6.68. The smallest absolute Gasteiger partial charge is 0.126 e. The quantitative estimate of drug-likeness (QED) is 0.769. The zero-order chi connectivity index (χ0) is 11.4. The minimum atomic E-state index is 0.589. The van der Waals surface area contributed by atoms with Gasteiger partial charge in [0.1, 0.15) is 5.82 Å². The van der Waals surface area contributed by atoms with E-state index in [9.17, 15) is 0 Å². The van der Waals surface area contributed by atoms with Crippen LogP contribution in [-0.4, -0.2) is 17.6 Å².